The van der Waals surface area contributed by atoms with Gasteiger partial charge in [0.15, 0.2) is 5.69 Å². The number of aryl methyl sites for hydroxylation is 1. The maximum atomic E-state index is 14.0. The van der Waals surface area contributed by atoms with Crippen molar-refractivity contribution in [3.8, 4) is 5.75 Å². The Bertz CT molecular complexity index is 1420. The van der Waals surface area contributed by atoms with Crippen LogP contribution in [0.15, 0.2) is 78.9 Å². The average molecular weight is 516 g/mol. The summed E-state index contributed by atoms with van der Waals surface area (Å²) in [7, 11) is 0. The van der Waals surface area contributed by atoms with E-state index in [1.54, 1.807) is 24.3 Å². The second-order valence-electron chi connectivity index (χ2n) is 8.35. The Morgan fingerprint density at radius 1 is 1.00 bits per heavy atom. The van der Waals surface area contributed by atoms with Crippen molar-refractivity contribution in [3.63, 3.8) is 0 Å². The van der Waals surface area contributed by atoms with E-state index in [0.29, 0.717) is 11.3 Å². The molecule has 0 aliphatic rings. The summed E-state index contributed by atoms with van der Waals surface area (Å²) in [6.07, 6.45) is 0. The molecule has 0 saturated carbocycles. The number of aromatic nitrogens is 1. The third-order valence-corrected chi connectivity index (χ3v) is 6.56. The Morgan fingerprint density at radius 2 is 1.65 bits per heavy atom. The number of hydrogen-bond acceptors (Lipinski definition) is 7. The van der Waals surface area contributed by atoms with Gasteiger partial charge in [-0.1, -0.05) is 60.2 Å². The van der Waals surface area contributed by atoms with Gasteiger partial charge in [0, 0.05) is 12.2 Å². The van der Waals surface area contributed by atoms with Gasteiger partial charge in [-0.15, -0.1) is 0 Å². The van der Waals surface area contributed by atoms with Crippen molar-refractivity contribution in [2.45, 2.75) is 19.5 Å². The zero-order valence-electron chi connectivity index (χ0n) is 19.9. The molecule has 4 aromatic rings. The summed E-state index contributed by atoms with van der Waals surface area (Å²) in [5.74, 6) is -1.93. The molecule has 10 heteroatoms. The van der Waals surface area contributed by atoms with Crippen LogP contribution in [0, 0.1) is 6.92 Å². The molecule has 0 radical (unpaired) electrons. The molecule has 9 nitrogen and oxygen atoms in total. The lowest BCUT2D eigenvalue weighted by Crippen LogP contribution is -2.44. The molecule has 0 aliphatic carbocycles. The molecule has 0 bridgehead atoms. The Balaban J connectivity index is 1.82. The van der Waals surface area contributed by atoms with Crippen molar-refractivity contribution in [3.05, 3.63) is 106 Å². The first-order valence-corrected chi connectivity index (χ1v) is 12.1. The largest absolute Gasteiger partial charge is 0.508 e. The maximum Gasteiger partial charge on any atom is 0.273 e. The van der Waals surface area contributed by atoms with E-state index in [4.69, 9.17) is 11.5 Å². The molecule has 0 fully saturated rings. The van der Waals surface area contributed by atoms with Gasteiger partial charge in [0.05, 0.1) is 5.69 Å². The standard InChI is InChI=1S/C27H25N5O4S/c1-16-7-11-19(12-8-16)32(27(36)24-21(28)22(25(29)34)31-37-24)23(18-9-13-20(33)14-10-18)26(35)30-15-17-5-3-2-4-6-17/h2-14,23,33H,15,28H2,1H3,(H2,29,34)(H,30,35)/t23-/m1/s1. The van der Waals surface area contributed by atoms with Gasteiger partial charge in [-0.05, 0) is 53.8 Å². The second kappa shape index (κ2) is 10.9. The Kier molecular flexibility index (Phi) is 7.49. The van der Waals surface area contributed by atoms with Crippen LogP contribution < -0.4 is 21.7 Å². The van der Waals surface area contributed by atoms with E-state index in [1.807, 2.05) is 49.4 Å². The molecule has 3 amide bonds. The maximum absolute atomic E-state index is 14.0. The minimum atomic E-state index is -1.14. The second-order valence-corrected chi connectivity index (χ2v) is 9.12. The van der Waals surface area contributed by atoms with Crippen molar-refractivity contribution >= 4 is 40.6 Å². The lowest BCUT2D eigenvalue weighted by Gasteiger charge is -2.31. The number of hydrogen-bond donors (Lipinski definition) is 4. The van der Waals surface area contributed by atoms with Crippen LogP contribution in [0.1, 0.15) is 42.9 Å². The predicted octanol–water partition coefficient (Wildman–Crippen LogP) is 3.54. The van der Waals surface area contributed by atoms with Crippen LogP contribution in [0.4, 0.5) is 11.4 Å². The average Bonchev–Trinajstić information content (AvgIpc) is 3.29. The molecule has 3 aromatic carbocycles. The number of nitrogens with one attached hydrogen (secondary N) is 1. The van der Waals surface area contributed by atoms with E-state index >= 15 is 0 Å². The van der Waals surface area contributed by atoms with Crippen molar-refractivity contribution in [2.75, 3.05) is 10.6 Å². The van der Waals surface area contributed by atoms with Crippen LogP contribution in [0.25, 0.3) is 0 Å². The number of amides is 3. The molecular weight excluding hydrogens is 490 g/mol. The highest BCUT2D eigenvalue weighted by Crippen LogP contribution is 2.33. The number of anilines is 2. The summed E-state index contributed by atoms with van der Waals surface area (Å²) >= 11 is 0.737. The normalized spacial score (nSPS) is 11.5. The van der Waals surface area contributed by atoms with Gasteiger partial charge in [-0.25, -0.2) is 0 Å². The number of phenolic OH excluding ortho intramolecular Hbond substituents is 1. The molecule has 1 aromatic heterocycles. The molecule has 1 heterocycles. The highest BCUT2D eigenvalue weighted by atomic mass is 32.1. The van der Waals surface area contributed by atoms with Gasteiger partial charge < -0.3 is 21.9 Å². The van der Waals surface area contributed by atoms with Crippen molar-refractivity contribution in [2.24, 2.45) is 5.73 Å². The topological polar surface area (TPSA) is 152 Å². The molecule has 4 rings (SSSR count). The first-order valence-electron chi connectivity index (χ1n) is 11.3. The molecule has 37 heavy (non-hydrogen) atoms. The molecule has 0 unspecified atom stereocenters. The lowest BCUT2D eigenvalue weighted by molar-refractivity contribution is -0.122. The van der Waals surface area contributed by atoms with Gasteiger partial charge >= 0.3 is 0 Å². The highest BCUT2D eigenvalue weighted by molar-refractivity contribution is 7.09. The number of nitrogens with two attached hydrogens (primary N) is 2. The first kappa shape index (κ1) is 25.4. The van der Waals surface area contributed by atoms with Crippen LogP contribution in [0.5, 0.6) is 5.75 Å². The van der Waals surface area contributed by atoms with Crippen LogP contribution in [-0.2, 0) is 11.3 Å². The number of aromatic hydroxyl groups is 1. The van der Waals surface area contributed by atoms with E-state index < -0.39 is 23.8 Å². The number of rotatable bonds is 8. The zero-order chi connectivity index (χ0) is 26.5. The number of phenols is 1. The fourth-order valence-electron chi connectivity index (χ4n) is 3.78. The molecule has 0 spiro atoms. The van der Waals surface area contributed by atoms with E-state index in [9.17, 15) is 19.5 Å². The minimum Gasteiger partial charge on any atom is -0.508 e. The van der Waals surface area contributed by atoms with Crippen LogP contribution in [0.2, 0.25) is 0 Å². The monoisotopic (exact) mass is 515 g/mol. The number of nitrogen functional groups attached to an aromatic ring is 1. The van der Waals surface area contributed by atoms with Gasteiger partial charge in [0.25, 0.3) is 11.8 Å². The van der Waals surface area contributed by atoms with E-state index in [1.165, 1.54) is 17.0 Å². The SMILES string of the molecule is Cc1ccc(N(C(=O)c2snc(C(N)=O)c2N)[C@@H](C(=O)NCc2ccccc2)c2ccc(O)cc2)cc1. The number of carbonyl (C=O) groups excluding carboxylic acids is 3. The Hall–Kier alpha value is -4.70. The number of carbonyl (C=O) groups is 3. The Labute approximate surface area is 217 Å². The molecule has 0 aliphatic heterocycles. The van der Waals surface area contributed by atoms with Gasteiger partial charge in [0.2, 0.25) is 5.91 Å². The molecule has 6 N–H and O–H groups in total. The van der Waals surface area contributed by atoms with Gasteiger partial charge in [-0.3, -0.25) is 19.3 Å². The number of nitrogens with zero attached hydrogens (tertiary/aromatic N) is 2. The summed E-state index contributed by atoms with van der Waals surface area (Å²) in [5, 5.41) is 12.8. The van der Waals surface area contributed by atoms with Gasteiger partial charge in [-0.2, -0.15) is 4.37 Å². The molecule has 188 valence electrons. The van der Waals surface area contributed by atoms with Crippen LogP contribution in [-0.4, -0.2) is 27.2 Å². The van der Waals surface area contributed by atoms with E-state index in [2.05, 4.69) is 9.69 Å². The summed E-state index contributed by atoms with van der Waals surface area (Å²) in [6, 6.07) is 21.3. The first-order chi connectivity index (χ1) is 17.8. The molecule has 0 saturated heterocycles. The molecular formula is C27H25N5O4S. The third-order valence-electron chi connectivity index (χ3n) is 5.71. The summed E-state index contributed by atoms with van der Waals surface area (Å²) in [5.41, 5.74) is 13.8. The minimum absolute atomic E-state index is 0.0122. The summed E-state index contributed by atoms with van der Waals surface area (Å²) in [4.78, 5) is 40.7. The third kappa shape index (κ3) is 5.60. The predicted molar refractivity (Wildman–Crippen MR) is 142 cm³/mol. The van der Waals surface area contributed by atoms with Crippen LogP contribution >= 0.6 is 11.5 Å². The van der Waals surface area contributed by atoms with E-state index in [-0.39, 0.29) is 28.6 Å². The van der Waals surface area contributed by atoms with Crippen molar-refractivity contribution in [1.82, 2.24) is 9.69 Å². The van der Waals surface area contributed by atoms with Gasteiger partial charge in [0.1, 0.15) is 16.7 Å². The van der Waals surface area contributed by atoms with Crippen molar-refractivity contribution in [1.29, 1.82) is 0 Å². The Morgan fingerprint density at radius 3 is 2.24 bits per heavy atom. The highest BCUT2D eigenvalue weighted by Gasteiger charge is 2.36. The van der Waals surface area contributed by atoms with E-state index in [0.717, 1.165) is 22.7 Å². The molecule has 1 atom stereocenters. The van der Waals surface area contributed by atoms with Crippen LogP contribution in [0.3, 0.4) is 0 Å². The zero-order valence-corrected chi connectivity index (χ0v) is 20.7. The number of primary amides is 1. The summed E-state index contributed by atoms with van der Waals surface area (Å²) < 4.78 is 3.95. The fourth-order valence-corrected chi connectivity index (χ4v) is 4.53. The van der Waals surface area contributed by atoms with Crippen molar-refractivity contribution < 1.29 is 19.5 Å². The lowest BCUT2D eigenvalue weighted by atomic mass is 10.0. The fraction of sp³-hybridized carbons (Fsp3) is 0.111. The number of benzene rings is 3. The quantitative estimate of drug-likeness (QED) is 0.282. The smallest absolute Gasteiger partial charge is 0.273 e. The summed E-state index contributed by atoms with van der Waals surface area (Å²) in [6.45, 7) is 2.14.